The van der Waals surface area contributed by atoms with Crippen molar-refractivity contribution in [1.82, 2.24) is 5.06 Å². The number of halogens is 4. The van der Waals surface area contributed by atoms with Gasteiger partial charge in [-0.1, -0.05) is 12.1 Å². The molecule has 8 heteroatoms. The molecule has 1 atom stereocenters. The molecule has 0 aromatic heterocycles. The first-order valence-corrected chi connectivity index (χ1v) is 7.27. The van der Waals surface area contributed by atoms with E-state index < -0.39 is 35.8 Å². The lowest BCUT2D eigenvalue weighted by Crippen LogP contribution is -2.43. The number of carbonyl (C=O) groups is 1. The number of hydroxylamine groups is 2. The minimum Gasteiger partial charge on any atom is -0.272 e. The fourth-order valence-electron chi connectivity index (χ4n) is 2.42. The van der Waals surface area contributed by atoms with Crippen LogP contribution in [-0.4, -0.2) is 24.0 Å². The highest BCUT2D eigenvalue weighted by atomic mass is 19.3. The molecule has 0 unspecified atom stereocenters. The van der Waals surface area contributed by atoms with E-state index in [1.165, 1.54) is 12.1 Å². The number of alkyl halides is 4. The molecule has 4 nitrogen and oxygen atoms in total. The quantitative estimate of drug-likeness (QED) is 0.776. The molecule has 0 N–H and O–H groups in total. The molecule has 130 valence electrons. The summed E-state index contributed by atoms with van der Waals surface area (Å²) < 4.78 is 51.9. The average Bonchev–Trinajstić information content (AvgIpc) is 3.02. The normalized spacial score (nSPS) is 18.3. The molecule has 1 aliphatic rings. The van der Waals surface area contributed by atoms with E-state index >= 15 is 0 Å². The number of rotatable bonds is 4. The molecule has 0 aliphatic carbocycles. The topological polar surface area (TPSA) is 53.3 Å². The van der Waals surface area contributed by atoms with Crippen molar-refractivity contribution in [3.63, 3.8) is 0 Å². The van der Waals surface area contributed by atoms with E-state index in [0.29, 0.717) is 12.0 Å². The van der Waals surface area contributed by atoms with Gasteiger partial charge in [-0.25, -0.2) is 22.6 Å². The smallest absolute Gasteiger partial charge is 0.265 e. The lowest BCUT2D eigenvalue weighted by molar-refractivity contribution is -0.194. The Morgan fingerprint density at radius 1 is 1.38 bits per heavy atom. The molecular formula is C16H16F4N2O2. The summed E-state index contributed by atoms with van der Waals surface area (Å²) in [7, 11) is 0. The lowest BCUT2D eigenvalue weighted by atomic mass is 9.91. The average molecular weight is 344 g/mol. The summed E-state index contributed by atoms with van der Waals surface area (Å²) in [5.41, 5.74) is -2.17. The van der Waals surface area contributed by atoms with E-state index in [1.807, 2.05) is 0 Å². The Morgan fingerprint density at radius 2 is 2.04 bits per heavy atom. The van der Waals surface area contributed by atoms with Crippen molar-refractivity contribution in [2.45, 2.75) is 39.2 Å². The number of nitrogens with zero attached hydrogens (tertiary/aromatic N) is 2. The molecule has 1 saturated heterocycles. The Balaban J connectivity index is 2.35. The van der Waals surface area contributed by atoms with Gasteiger partial charge in [-0.3, -0.25) is 9.63 Å². The number of amides is 1. The fraction of sp³-hybridized carbons (Fsp3) is 0.500. The first-order chi connectivity index (χ1) is 11.2. The van der Waals surface area contributed by atoms with Gasteiger partial charge in [0.05, 0.1) is 24.3 Å². The van der Waals surface area contributed by atoms with Crippen LogP contribution in [-0.2, 0) is 9.63 Å². The zero-order valence-electron chi connectivity index (χ0n) is 13.1. The first kappa shape index (κ1) is 18.2. The van der Waals surface area contributed by atoms with E-state index in [1.54, 1.807) is 6.07 Å². The van der Waals surface area contributed by atoms with E-state index in [-0.39, 0.29) is 12.2 Å². The predicted octanol–water partition coefficient (Wildman–Crippen LogP) is 3.99. The second kappa shape index (κ2) is 6.77. The Morgan fingerprint density at radius 3 is 2.58 bits per heavy atom. The van der Waals surface area contributed by atoms with Crippen LogP contribution in [0.25, 0.3) is 0 Å². The van der Waals surface area contributed by atoms with Gasteiger partial charge in [-0.15, -0.1) is 0 Å². The monoisotopic (exact) mass is 344 g/mol. The van der Waals surface area contributed by atoms with Crippen molar-refractivity contribution in [3.05, 3.63) is 34.9 Å². The predicted molar refractivity (Wildman–Crippen MR) is 76.1 cm³/mol. The summed E-state index contributed by atoms with van der Waals surface area (Å²) >= 11 is 0. The third-order valence-electron chi connectivity index (χ3n) is 4.02. The molecule has 0 spiro atoms. The van der Waals surface area contributed by atoms with Crippen LogP contribution in [0.15, 0.2) is 18.2 Å². The fourth-order valence-corrected chi connectivity index (χ4v) is 2.42. The SMILES string of the molecule is CC(C)(C(=O)N1OCC[C@H]1c1ccc(C(F)F)c(C#N)c1)C(F)F. The molecule has 1 aromatic rings. The van der Waals surface area contributed by atoms with Crippen molar-refractivity contribution in [1.29, 1.82) is 5.26 Å². The summed E-state index contributed by atoms with van der Waals surface area (Å²) in [6.07, 6.45) is -5.36. The van der Waals surface area contributed by atoms with Gasteiger partial charge in [0, 0.05) is 12.0 Å². The Kier molecular flexibility index (Phi) is 5.13. The van der Waals surface area contributed by atoms with Crippen molar-refractivity contribution >= 4 is 5.91 Å². The third-order valence-corrected chi connectivity index (χ3v) is 4.02. The minimum absolute atomic E-state index is 0.133. The number of hydrogen-bond acceptors (Lipinski definition) is 3. The highest BCUT2D eigenvalue weighted by Gasteiger charge is 2.45. The molecule has 0 saturated carbocycles. The standard InChI is InChI=1S/C16H16F4N2O2/c1-16(2,14(19)20)15(23)22-12(5-6-24-22)9-3-4-11(13(17)18)10(7-9)8-21/h3-4,7,12-14H,5-6H2,1-2H3/t12-/m0/s1. The Bertz CT molecular complexity index is 671. The summed E-state index contributed by atoms with van der Waals surface area (Å²) in [6.45, 7) is 2.35. The molecule has 1 aliphatic heterocycles. The van der Waals surface area contributed by atoms with Crippen LogP contribution in [0.3, 0.4) is 0 Å². The maximum atomic E-state index is 13.1. The van der Waals surface area contributed by atoms with Crippen LogP contribution in [0.2, 0.25) is 0 Å². The second-order valence-corrected chi connectivity index (χ2v) is 6.05. The first-order valence-electron chi connectivity index (χ1n) is 7.27. The molecular weight excluding hydrogens is 328 g/mol. The Hall–Kier alpha value is -2.14. The van der Waals surface area contributed by atoms with Crippen molar-refractivity contribution < 1.29 is 27.2 Å². The van der Waals surface area contributed by atoms with Crippen LogP contribution < -0.4 is 0 Å². The zero-order chi connectivity index (χ0) is 18.1. The van der Waals surface area contributed by atoms with Gasteiger partial charge >= 0.3 is 0 Å². The maximum absolute atomic E-state index is 13.1. The van der Waals surface area contributed by atoms with Gasteiger partial charge in [0.25, 0.3) is 18.8 Å². The van der Waals surface area contributed by atoms with Crippen LogP contribution in [0.4, 0.5) is 17.6 Å². The van der Waals surface area contributed by atoms with E-state index in [2.05, 4.69) is 0 Å². The summed E-state index contributed by atoms with van der Waals surface area (Å²) in [4.78, 5) is 17.5. The molecule has 1 fully saturated rings. The molecule has 24 heavy (non-hydrogen) atoms. The number of benzene rings is 1. The molecule has 1 amide bonds. The molecule has 0 radical (unpaired) electrons. The molecule has 2 rings (SSSR count). The zero-order valence-corrected chi connectivity index (χ0v) is 13.1. The van der Waals surface area contributed by atoms with Crippen LogP contribution in [0, 0.1) is 16.7 Å². The van der Waals surface area contributed by atoms with Crippen molar-refractivity contribution in [2.24, 2.45) is 5.41 Å². The maximum Gasteiger partial charge on any atom is 0.265 e. The van der Waals surface area contributed by atoms with Crippen molar-refractivity contribution in [3.8, 4) is 6.07 Å². The molecule has 1 heterocycles. The van der Waals surface area contributed by atoms with Gasteiger partial charge < -0.3 is 0 Å². The largest absolute Gasteiger partial charge is 0.272 e. The highest BCUT2D eigenvalue weighted by Crippen LogP contribution is 2.37. The summed E-state index contributed by atoms with van der Waals surface area (Å²) in [6, 6.07) is 4.70. The number of nitriles is 1. The summed E-state index contributed by atoms with van der Waals surface area (Å²) in [5.74, 6) is -0.892. The van der Waals surface area contributed by atoms with Crippen molar-refractivity contribution in [2.75, 3.05) is 6.61 Å². The van der Waals surface area contributed by atoms with Gasteiger partial charge in [0.1, 0.15) is 5.41 Å². The lowest BCUT2D eigenvalue weighted by Gasteiger charge is -2.31. The van der Waals surface area contributed by atoms with Crippen LogP contribution in [0.5, 0.6) is 0 Å². The number of hydrogen-bond donors (Lipinski definition) is 0. The third kappa shape index (κ3) is 3.22. The van der Waals surface area contributed by atoms with E-state index in [9.17, 15) is 22.4 Å². The highest BCUT2D eigenvalue weighted by molar-refractivity contribution is 5.82. The van der Waals surface area contributed by atoms with E-state index in [4.69, 9.17) is 10.1 Å². The summed E-state index contributed by atoms with van der Waals surface area (Å²) in [5, 5.41) is 9.88. The Labute approximate surface area is 136 Å². The second-order valence-electron chi connectivity index (χ2n) is 6.05. The van der Waals surface area contributed by atoms with E-state index in [0.717, 1.165) is 25.0 Å². The van der Waals surface area contributed by atoms with Crippen LogP contribution in [0.1, 0.15) is 49.4 Å². The van der Waals surface area contributed by atoms with Gasteiger partial charge in [-0.2, -0.15) is 5.26 Å². The van der Waals surface area contributed by atoms with Gasteiger partial charge in [0.15, 0.2) is 0 Å². The molecule has 1 aromatic carbocycles. The minimum atomic E-state index is -2.88. The van der Waals surface area contributed by atoms with Gasteiger partial charge in [0.2, 0.25) is 0 Å². The molecule has 0 bridgehead atoms. The van der Waals surface area contributed by atoms with Crippen LogP contribution >= 0.6 is 0 Å². The number of carbonyl (C=O) groups excluding carboxylic acids is 1. The van der Waals surface area contributed by atoms with Gasteiger partial charge in [-0.05, 0) is 25.5 Å².